The van der Waals surface area contributed by atoms with Crippen molar-refractivity contribution in [1.29, 1.82) is 5.26 Å². The minimum Gasteiger partial charge on any atom is -0.328 e. The molecule has 0 amide bonds. The minimum atomic E-state index is 0.0195. The Morgan fingerprint density at radius 3 is 2.67 bits per heavy atom. The average molecular weight is 241 g/mol. The van der Waals surface area contributed by atoms with Crippen molar-refractivity contribution < 1.29 is 0 Å². The second-order valence-corrected chi connectivity index (χ2v) is 5.59. The molecule has 0 aliphatic heterocycles. The summed E-state index contributed by atoms with van der Waals surface area (Å²) in [5, 5.41) is 8.66. The molecule has 0 atom stereocenters. The molecule has 1 aromatic heterocycles. The zero-order valence-electron chi connectivity index (χ0n) is 11.3. The molecule has 94 valence electrons. The third kappa shape index (κ3) is 2.38. The molecular formula is C15H19N3. The van der Waals surface area contributed by atoms with Crippen LogP contribution in [0, 0.1) is 11.3 Å². The van der Waals surface area contributed by atoms with E-state index in [9.17, 15) is 0 Å². The second kappa shape index (κ2) is 4.81. The molecule has 0 saturated carbocycles. The summed E-state index contributed by atoms with van der Waals surface area (Å²) < 4.78 is 2.26. The van der Waals surface area contributed by atoms with Gasteiger partial charge in [-0.15, -0.1) is 0 Å². The van der Waals surface area contributed by atoms with Gasteiger partial charge in [-0.25, -0.2) is 4.98 Å². The quantitative estimate of drug-likeness (QED) is 0.770. The number of imidazole rings is 1. The van der Waals surface area contributed by atoms with Gasteiger partial charge in [-0.05, 0) is 18.6 Å². The number of fused-ring (bicyclic) bond motifs is 1. The lowest BCUT2D eigenvalue weighted by Crippen LogP contribution is -2.19. The Bertz CT molecular complexity index is 582. The maximum absolute atomic E-state index is 8.66. The standard InChI is InChI=1S/C15H19N3/c1-15(2,3)14-17-12-8-4-5-9-13(12)18(14)11-7-6-10-16/h4-5,8-9H,6-7,11H2,1-3H3. The van der Waals surface area contributed by atoms with Crippen molar-refractivity contribution in [2.24, 2.45) is 0 Å². The zero-order chi connectivity index (χ0) is 13.2. The highest BCUT2D eigenvalue weighted by Gasteiger charge is 2.22. The van der Waals surface area contributed by atoms with Gasteiger partial charge in [-0.3, -0.25) is 0 Å². The van der Waals surface area contributed by atoms with Crippen LogP contribution in [-0.2, 0) is 12.0 Å². The Labute approximate surface area is 108 Å². The average Bonchev–Trinajstić information content (AvgIpc) is 2.69. The first-order valence-electron chi connectivity index (χ1n) is 6.37. The Kier molecular flexibility index (Phi) is 3.38. The number of hydrogen-bond donors (Lipinski definition) is 0. The van der Waals surface area contributed by atoms with E-state index in [1.165, 1.54) is 5.52 Å². The van der Waals surface area contributed by atoms with Gasteiger partial charge in [0, 0.05) is 18.4 Å². The molecule has 2 aromatic rings. The van der Waals surface area contributed by atoms with Gasteiger partial charge in [0.2, 0.25) is 0 Å². The molecule has 0 fully saturated rings. The number of unbranched alkanes of at least 4 members (excludes halogenated alkanes) is 1. The van der Waals surface area contributed by atoms with Gasteiger partial charge in [0.15, 0.2) is 0 Å². The SMILES string of the molecule is CC(C)(C)c1nc2ccccc2n1CCCC#N. The molecule has 1 aromatic carbocycles. The van der Waals surface area contributed by atoms with E-state index in [1.54, 1.807) is 0 Å². The first-order chi connectivity index (χ1) is 8.54. The fourth-order valence-electron chi connectivity index (χ4n) is 2.19. The van der Waals surface area contributed by atoms with E-state index in [-0.39, 0.29) is 5.41 Å². The van der Waals surface area contributed by atoms with Crippen molar-refractivity contribution in [1.82, 2.24) is 9.55 Å². The van der Waals surface area contributed by atoms with Crippen molar-refractivity contribution in [3.8, 4) is 6.07 Å². The molecule has 3 heteroatoms. The lowest BCUT2D eigenvalue weighted by atomic mass is 9.95. The Hall–Kier alpha value is -1.82. The van der Waals surface area contributed by atoms with Crippen LogP contribution in [0.5, 0.6) is 0 Å². The van der Waals surface area contributed by atoms with Crippen LogP contribution in [0.4, 0.5) is 0 Å². The van der Waals surface area contributed by atoms with E-state index < -0.39 is 0 Å². The van der Waals surface area contributed by atoms with Crippen LogP contribution in [0.15, 0.2) is 24.3 Å². The van der Waals surface area contributed by atoms with Crippen LogP contribution in [0.1, 0.15) is 39.4 Å². The number of hydrogen-bond acceptors (Lipinski definition) is 2. The van der Waals surface area contributed by atoms with Crippen LogP contribution in [0.3, 0.4) is 0 Å². The normalized spacial score (nSPS) is 11.7. The summed E-state index contributed by atoms with van der Waals surface area (Å²) in [6.45, 7) is 7.39. The summed E-state index contributed by atoms with van der Waals surface area (Å²) in [4.78, 5) is 4.74. The lowest BCUT2D eigenvalue weighted by molar-refractivity contribution is 0.498. The predicted octanol–water partition coefficient (Wildman–Crippen LogP) is 3.64. The van der Waals surface area contributed by atoms with E-state index in [4.69, 9.17) is 10.2 Å². The van der Waals surface area contributed by atoms with Crippen molar-refractivity contribution in [2.75, 3.05) is 0 Å². The molecular weight excluding hydrogens is 222 g/mol. The second-order valence-electron chi connectivity index (χ2n) is 5.59. The maximum Gasteiger partial charge on any atom is 0.115 e. The molecule has 2 rings (SSSR count). The van der Waals surface area contributed by atoms with Gasteiger partial charge in [0.25, 0.3) is 0 Å². The molecule has 0 unspecified atom stereocenters. The monoisotopic (exact) mass is 241 g/mol. The van der Waals surface area contributed by atoms with Crippen molar-refractivity contribution in [3.63, 3.8) is 0 Å². The smallest absolute Gasteiger partial charge is 0.115 e. The largest absolute Gasteiger partial charge is 0.328 e. The highest BCUT2D eigenvalue weighted by molar-refractivity contribution is 5.76. The molecule has 1 heterocycles. The number of aromatic nitrogens is 2. The maximum atomic E-state index is 8.66. The fourth-order valence-corrected chi connectivity index (χ4v) is 2.19. The van der Waals surface area contributed by atoms with Gasteiger partial charge >= 0.3 is 0 Å². The van der Waals surface area contributed by atoms with Crippen LogP contribution < -0.4 is 0 Å². The number of aryl methyl sites for hydroxylation is 1. The number of nitriles is 1. The lowest BCUT2D eigenvalue weighted by Gasteiger charge is -2.20. The first kappa shape index (κ1) is 12.6. The van der Waals surface area contributed by atoms with Gasteiger partial charge in [-0.2, -0.15) is 5.26 Å². The van der Waals surface area contributed by atoms with Crippen LogP contribution >= 0.6 is 0 Å². The summed E-state index contributed by atoms with van der Waals surface area (Å²) in [7, 11) is 0. The molecule has 0 radical (unpaired) electrons. The van der Waals surface area contributed by atoms with Crippen LogP contribution in [0.2, 0.25) is 0 Å². The van der Waals surface area contributed by atoms with E-state index in [2.05, 4.69) is 37.5 Å². The van der Waals surface area contributed by atoms with Crippen molar-refractivity contribution >= 4 is 11.0 Å². The van der Waals surface area contributed by atoms with Crippen molar-refractivity contribution in [3.05, 3.63) is 30.1 Å². The fraction of sp³-hybridized carbons (Fsp3) is 0.467. The summed E-state index contributed by atoms with van der Waals surface area (Å²) >= 11 is 0. The molecule has 0 bridgehead atoms. The van der Waals surface area contributed by atoms with Gasteiger partial charge in [0.05, 0.1) is 17.1 Å². The minimum absolute atomic E-state index is 0.0195. The molecule has 18 heavy (non-hydrogen) atoms. The van der Waals surface area contributed by atoms with Gasteiger partial charge in [-0.1, -0.05) is 32.9 Å². The summed E-state index contributed by atoms with van der Waals surface area (Å²) in [6, 6.07) is 10.4. The molecule has 3 nitrogen and oxygen atoms in total. The Balaban J connectivity index is 2.48. The first-order valence-corrected chi connectivity index (χ1v) is 6.37. The highest BCUT2D eigenvalue weighted by atomic mass is 15.1. The Morgan fingerprint density at radius 2 is 2.00 bits per heavy atom. The van der Waals surface area contributed by atoms with Gasteiger partial charge < -0.3 is 4.57 Å². The Morgan fingerprint density at radius 1 is 1.28 bits per heavy atom. The zero-order valence-corrected chi connectivity index (χ0v) is 11.3. The van der Waals surface area contributed by atoms with E-state index in [0.717, 1.165) is 24.3 Å². The van der Waals surface area contributed by atoms with E-state index in [0.29, 0.717) is 6.42 Å². The van der Waals surface area contributed by atoms with Crippen LogP contribution in [-0.4, -0.2) is 9.55 Å². The third-order valence-corrected chi connectivity index (χ3v) is 3.00. The summed E-state index contributed by atoms with van der Waals surface area (Å²) in [5.74, 6) is 1.10. The number of benzene rings is 1. The van der Waals surface area contributed by atoms with Crippen molar-refractivity contribution in [2.45, 2.75) is 45.6 Å². The predicted molar refractivity (Wildman–Crippen MR) is 73.3 cm³/mol. The number of rotatable bonds is 3. The summed E-state index contributed by atoms with van der Waals surface area (Å²) in [5.41, 5.74) is 2.23. The summed E-state index contributed by atoms with van der Waals surface area (Å²) in [6.07, 6.45) is 1.47. The topological polar surface area (TPSA) is 41.6 Å². The third-order valence-electron chi connectivity index (χ3n) is 3.00. The molecule has 0 saturated heterocycles. The number of para-hydroxylation sites is 2. The van der Waals surface area contributed by atoms with Crippen LogP contribution in [0.25, 0.3) is 11.0 Å². The highest BCUT2D eigenvalue weighted by Crippen LogP contribution is 2.26. The number of nitrogens with zero attached hydrogens (tertiary/aromatic N) is 3. The van der Waals surface area contributed by atoms with E-state index in [1.807, 2.05) is 18.2 Å². The molecule has 0 aliphatic carbocycles. The molecule has 0 N–H and O–H groups in total. The van der Waals surface area contributed by atoms with Gasteiger partial charge in [0.1, 0.15) is 5.82 Å². The van der Waals surface area contributed by atoms with E-state index >= 15 is 0 Å². The molecule has 0 spiro atoms. The molecule has 0 aliphatic rings.